The summed E-state index contributed by atoms with van der Waals surface area (Å²) in [5.41, 5.74) is 2.32. The summed E-state index contributed by atoms with van der Waals surface area (Å²) in [6, 6.07) is 19.1. The van der Waals surface area contributed by atoms with Crippen molar-refractivity contribution < 1.29 is 18.8 Å². The minimum atomic E-state index is -0.216. The molecule has 0 spiro atoms. The lowest BCUT2D eigenvalue weighted by Crippen LogP contribution is -2.36. The van der Waals surface area contributed by atoms with Crippen LogP contribution in [0.15, 0.2) is 71.4 Å². The van der Waals surface area contributed by atoms with E-state index in [1.54, 1.807) is 24.2 Å². The fourth-order valence-electron chi connectivity index (χ4n) is 3.72. The molecule has 1 unspecified atom stereocenters. The van der Waals surface area contributed by atoms with Crippen LogP contribution in [0.3, 0.4) is 0 Å². The predicted molar refractivity (Wildman–Crippen MR) is 114 cm³/mol. The van der Waals surface area contributed by atoms with Crippen molar-refractivity contribution in [3.63, 3.8) is 0 Å². The number of nitrogens with zero attached hydrogens (tertiary/aromatic N) is 3. The molecule has 31 heavy (non-hydrogen) atoms. The third kappa shape index (κ3) is 4.07. The molecule has 0 aliphatic carbocycles. The molecule has 0 N–H and O–H groups in total. The van der Waals surface area contributed by atoms with Crippen LogP contribution in [0.25, 0.3) is 10.9 Å². The highest BCUT2D eigenvalue weighted by Gasteiger charge is 2.26. The third-order valence-corrected chi connectivity index (χ3v) is 5.27. The zero-order chi connectivity index (χ0) is 21.2. The van der Waals surface area contributed by atoms with Crippen molar-refractivity contribution in [2.45, 2.75) is 19.1 Å². The Morgan fingerprint density at radius 3 is 2.97 bits per heavy atom. The van der Waals surface area contributed by atoms with E-state index in [1.807, 2.05) is 54.6 Å². The van der Waals surface area contributed by atoms with Gasteiger partial charge in [-0.25, -0.2) is 0 Å². The zero-order valence-corrected chi connectivity index (χ0v) is 17.0. The van der Waals surface area contributed by atoms with Gasteiger partial charge < -0.3 is 18.9 Å². The quantitative estimate of drug-likeness (QED) is 0.476. The van der Waals surface area contributed by atoms with Gasteiger partial charge in [0.05, 0.1) is 12.1 Å². The molecule has 0 fully saturated rings. The van der Waals surface area contributed by atoms with Crippen LogP contribution in [-0.4, -0.2) is 40.6 Å². The van der Waals surface area contributed by atoms with E-state index in [-0.39, 0.29) is 24.3 Å². The van der Waals surface area contributed by atoms with Gasteiger partial charge >= 0.3 is 0 Å². The first-order chi connectivity index (χ1) is 15.2. The Morgan fingerprint density at radius 2 is 2.06 bits per heavy atom. The zero-order valence-electron chi connectivity index (χ0n) is 17.0. The first-order valence-corrected chi connectivity index (χ1v) is 10.1. The molecule has 2 aromatic heterocycles. The number of carbonyl (C=O) groups excluding carboxylic acids is 1. The molecule has 7 heteroatoms. The van der Waals surface area contributed by atoms with Gasteiger partial charge in [0.2, 0.25) is 0 Å². The SMILES string of the molecule is CN(CC1Cc2ccccc2O1)C(=O)c1cc(COc2ccc3ncccc3c2)on1. The van der Waals surface area contributed by atoms with Gasteiger partial charge in [0.15, 0.2) is 11.5 Å². The normalized spacial score (nSPS) is 14.8. The fourth-order valence-corrected chi connectivity index (χ4v) is 3.72. The number of likely N-dealkylation sites (N-methyl/N-ethyl adjacent to an activating group) is 1. The molecule has 0 saturated heterocycles. The minimum Gasteiger partial charge on any atom is -0.488 e. The van der Waals surface area contributed by atoms with Crippen LogP contribution in [0.1, 0.15) is 21.8 Å². The summed E-state index contributed by atoms with van der Waals surface area (Å²) in [5.74, 6) is 1.84. The lowest BCUT2D eigenvalue weighted by Gasteiger charge is -2.19. The molecular weight excluding hydrogens is 394 g/mol. The Hall–Kier alpha value is -3.87. The maximum Gasteiger partial charge on any atom is 0.275 e. The molecule has 1 amide bonds. The van der Waals surface area contributed by atoms with Gasteiger partial charge in [0.25, 0.3) is 5.91 Å². The van der Waals surface area contributed by atoms with E-state index in [4.69, 9.17) is 14.0 Å². The van der Waals surface area contributed by atoms with Crippen LogP contribution in [0.2, 0.25) is 0 Å². The van der Waals surface area contributed by atoms with E-state index in [0.29, 0.717) is 18.1 Å². The molecule has 7 nitrogen and oxygen atoms in total. The monoisotopic (exact) mass is 415 g/mol. The number of aromatic nitrogens is 2. The van der Waals surface area contributed by atoms with Gasteiger partial charge in [0.1, 0.15) is 24.2 Å². The third-order valence-electron chi connectivity index (χ3n) is 5.27. The Morgan fingerprint density at radius 1 is 1.16 bits per heavy atom. The number of pyridine rings is 1. The maximum absolute atomic E-state index is 12.7. The average Bonchev–Trinajstić information content (AvgIpc) is 3.43. The second-order valence-corrected chi connectivity index (χ2v) is 7.56. The summed E-state index contributed by atoms with van der Waals surface area (Å²) in [5, 5.41) is 4.91. The van der Waals surface area contributed by atoms with Gasteiger partial charge in [-0.3, -0.25) is 9.78 Å². The molecule has 1 aliphatic heterocycles. The van der Waals surface area contributed by atoms with Crippen LogP contribution in [0.4, 0.5) is 0 Å². The Bertz CT molecular complexity index is 1210. The van der Waals surface area contributed by atoms with E-state index in [0.717, 1.165) is 23.1 Å². The van der Waals surface area contributed by atoms with Crippen LogP contribution in [0, 0.1) is 0 Å². The van der Waals surface area contributed by atoms with Crippen molar-refractivity contribution in [3.05, 3.63) is 83.9 Å². The van der Waals surface area contributed by atoms with Crippen molar-refractivity contribution in [2.24, 2.45) is 0 Å². The molecule has 0 bridgehead atoms. The first kappa shape index (κ1) is 19.1. The molecule has 5 rings (SSSR count). The standard InChI is InChI=1S/C24H21N3O4/c1-27(14-19-12-17-5-2-3-7-23(17)30-19)24(28)22-13-20(31-26-22)15-29-18-8-9-21-16(11-18)6-4-10-25-21/h2-11,13,19H,12,14-15H2,1H3. The number of fused-ring (bicyclic) bond motifs is 2. The topological polar surface area (TPSA) is 77.7 Å². The summed E-state index contributed by atoms with van der Waals surface area (Å²) >= 11 is 0. The molecule has 0 saturated carbocycles. The van der Waals surface area contributed by atoms with E-state index >= 15 is 0 Å². The number of hydrogen-bond donors (Lipinski definition) is 0. The van der Waals surface area contributed by atoms with Crippen LogP contribution in [-0.2, 0) is 13.0 Å². The first-order valence-electron chi connectivity index (χ1n) is 10.1. The average molecular weight is 415 g/mol. The number of rotatable bonds is 6. The highest BCUT2D eigenvalue weighted by molar-refractivity contribution is 5.92. The van der Waals surface area contributed by atoms with Crippen molar-refractivity contribution in [1.29, 1.82) is 0 Å². The maximum atomic E-state index is 12.7. The van der Waals surface area contributed by atoms with Crippen molar-refractivity contribution in [2.75, 3.05) is 13.6 Å². The molecule has 2 aromatic carbocycles. The van der Waals surface area contributed by atoms with Crippen molar-refractivity contribution in [3.8, 4) is 11.5 Å². The number of para-hydroxylation sites is 1. The van der Waals surface area contributed by atoms with E-state index in [1.165, 1.54) is 5.56 Å². The van der Waals surface area contributed by atoms with Gasteiger partial charge in [0, 0.05) is 31.1 Å². The predicted octanol–water partition coefficient (Wildman–Crippen LogP) is 3.88. The molecule has 1 aliphatic rings. The molecule has 3 heterocycles. The summed E-state index contributed by atoms with van der Waals surface area (Å²) < 4.78 is 17.0. The molecule has 1 atom stereocenters. The van der Waals surface area contributed by atoms with Crippen LogP contribution >= 0.6 is 0 Å². The van der Waals surface area contributed by atoms with Gasteiger partial charge in [-0.05, 0) is 35.9 Å². The van der Waals surface area contributed by atoms with E-state index in [9.17, 15) is 4.79 Å². The summed E-state index contributed by atoms with van der Waals surface area (Å²) in [6.07, 6.45) is 2.47. The number of benzene rings is 2. The minimum absolute atomic E-state index is 0.0663. The number of amides is 1. The lowest BCUT2D eigenvalue weighted by molar-refractivity contribution is 0.0720. The smallest absolute Gasteiger partial charge is 0.275 e. The number of ether oxygens (including phenoxy) is 2. The second-order valence-electron chi connectivity index (χ2n) is 7.56. The Balaban J connectivity index is 1.18. The van der Waals surface area contributed by atoms with E-state index in [2.05, 4.69) is 10.1 Å². The molecule has 156 valence electrons. The highest BCUT2D eigenvalue weighted by atomic mass is 16.5. The lowest BCUT2D eigenvalue weighted by atomic mass is 10.1. The van der Waals surface area contributed by atoms with Crippen LogP contribution < -0.4 is 9.47 Å². The van der Waals surface area contributed by atoms with E-state index < -0.39 is 0 Å². The molecular formula is C24H21N3O4. The number of hydrogen-bond acceptors (Lipinski definition) is 6. The van der Waals surface area contributed by atoms with Gasteiger partial charge in [-0.15, -0.1) is 0 Å². The highest BCUT2D eigenvalue weighted by Crippen LogP contribution is 2.28. The summed E-state index contributed by atoms with van der Waals surface area (Å²) in [7, 11) is 1.74. The number of carbonyl (C=O) groups is 1. The van der Waals surface area contributed by atoms with Crippen LogP contribution in [0.5, 0.6) is 11.5 Å². The Labute approximate surface area is 179 Å². The van der Waals surface area contributed by atoms with Gasteiger partial charge in [-0.2, -0.15) is 0 Å². The summed E-state index contributed by atoms with van der Waals surface area (Å²) in [6.45, 7) is 0.647. The van der Waals surface area contributed by atoms with Gasteiger partial charge in [-0.1, -0.05) is 29.4 Å². The van der Waals surface area contributed by atoms with Crippen molar-refractivity contribution in [1.82, 2.24) is 15.0 Å². The fraction of sp³-hybridized carbons (Fsp3) is 0.208. The largest absolute Gasteiger partial charge is 0.488 e. The summed E-state index contributed by atoms with van der Waals surface area (Å²) in [4.78, 5) is 18.6. The molecule has 0 radical (unpaired) electrons. The van der Waals surface area contributed by atoms with Crippen molar-refractivity contribution >= 4 is 16.8 Å². The molecule has 4 aromatic rings. The Kier molecular flexibility index (Phi) is 5.00. The second kappa shape index (κ2) is 8.10.